The van der Waals surface area contributed by atoms with Crippen LogP contribution in [0.3, 0.4) is 0 Å². The van der Waals surface area contributed by atoms with Crippen LogP contribution in [0, 0.1) is 0 Å². The zero-order valence-corrected chi connectivity index (χ0v) is 19.9. The Bertz CT molecular complexity index is 985. The summed E-state index contributed by atoms with van der Waals surface area (Å²) in [6.07, 6.45) is 0. The van der Waals surface area contributed by atoms with Crippen LogP contribution in [0.25, 0.3) is 0 Å². The number of amides is 1. The first-order valence-electron chi connectivity index (χ1n) is 10.1. The van der Waals surface area contributed by atoms with E-state index < -0.39 is 10.0 Å². The summed E-state index contributed by atoms with van der Waals surface area (Å²) in [6.45, 7) is 7.80. The summed E-state index contributed by atoms with van der Waals surface area (Å²) in [7, 11) is -3.53. The van der Waals surface area contributed by atoms with Crippen molar-refractivity contribution in [3.05, 3.63) is 58.6 Å². The number of anilines is 1. The molecule has 3 rings (SSSR count). The maximum absolute atomic E-state index is 12.9. The Kier molecular flexibility index (Phi) is 7.34. The number of piperazine rings is 1. The van der Waals surface area contributed by atoms with Crippen molar-refractivity contribution < 1.29 is 13.2 Å². The zero-order chi connectivity index (χ0) is 21.9. The molecule has 0 spiro atoms. The summed E-state index contributed by atoms with van der Waals surface area (Å²) in [6, 6.07) is 14.1. The molecule has 1 saturated heterocycles. The maximum atomic E-state index is 12.9. The average molecular weight is 494 g/mol. The molecule has 2 aromatic rings. The van der Waals surface area contributed by atoms with Crippen LogP contribution in [0.5, 0.6) is 0 Å². The van der Waals surface area contributed by atoms with Gasteiger partial charge in [0.05, 0.1) is 10.9 Å². The Morgan fingerprint density at radius 1 is 0.967 bits per heavy atom. The predicted octanol–water partition coefficient (Wildman–Crippen LogP) is 3.91. The van der Waals surface area contributed by atoms with Crippen LogP contribution >= 0.6 is 15.9 Å². The SMILES string of the molecule is CC(C)c1ccccc1NC(=O)[C@@H](C)N1CCN(S(=O)(=O)c2ccc(Br)cc2)CC1. The molecule has 2 aromatic carbocycles. The average Bonchev–Trinajstić information content (AvgIpc) is 2.74. The fourth-order valence-electron chi connectivity index (χ4n) is 3.60. The summed E-state index contributed by atoms with van der Waals surface area (Å²) >= 11 is 3.33. The van der Waals surface area contributed by atoms with E-state index in [9.17, 15) is 13.2 Å². The van der Waals surface area contributed by atoms with Crippen molar-refractivity contribution in [2.75, 3.05) is 31.5 Å². The van der Waals surface area contributed by atoms with Gasteiger partial charge in [0, 0.05) is 36.3 Å². The third-order valence-corrected chi connectivity index (χ3v) is 7.93. The Hall–Kier alpha value is -1.74. The molecule has 1 N–H and O–H groups in total. The number of hydrogen-bond acceptors (Lipinski definition) is 4. The van der Waals surface area contributed by atoms with Gasteiger partial charge in [0.25, 0.3) is 0 Å². The quantitative estimate of drug-likeness (QED) is 0.662. The lowest BCUT2D eigenvalue weighted by Crippen LogP contribution is -2.53. The summed E-state index contributed by atoms with van der Waals surface area (Å²) in [5.74, 6) is 0.233. The molecule has 1 fully saturated rings. The van der Waals surface area contributed by atoms with Crippen molar-refractivity contribution in [3.8, 4) is 0 Å². The summed E-state index contributed by atoms with van der Waals surface area (Å²) in [5, 5.41) is 3.04. The molecule has 0 radical (unpaired) electrons. The first-order valence-corrected chi connectivity index (χ1v) is 12.3. The zero-order valence-electron chi connectivity index (χ0n) is 17.5. The van der Waals surface area contributed by atoms with E-state index in [1.807, 2.05) is 36.1 Å². The second-order valence-corrected chi connectivity index (χ2v) is 10.7. The second kappa shape index (κ2) is 9.60. The number of para-hydroxylation sites is 1. The summed E-state index contributed by atoms with van der Waals surface area (Å²) in [5.41, 5.74) is 1.93. The highest BCUT2D eigenvalue weighted by atomic mass is 79.9. The van der Waals surface area contributed by atoms with Crippen molar-refractivity contribution in [2.45, 2.75) is 37.6 Å². The Morgan fingerprint density at radius 3 is 2.17 bits per heavy atom. The predicted molar refractivity (Wildman–Crippen MR) is 123 cm³/mol. The number of rotatable bonds is 6. The molecule has 0 aromatic heterocycles. The Labute approximate surface area is 187 Å². The fourth-order valence-corrected chi connectivity index (χ4v) is 5.29. The third kappa shape index (κ3) is 5.11. The molecule has 1 atom stereocenters. The van der Waals surface area contributed by atoms with Crippen LogP contribution in [-0.4, -0.2) is 55.8 Å². The van der Waals surface area contributed by atoms with Gasteiger partial charge in [0.15, 0.2) is 0 Å². The second-order valence-electron chi connectivity index (χ2n) is 7.80. The number of carbonyl (C=O) groups excluding carboxylic acids is 1. The van der Waals surface area contributed by atoms with Gasteiger partial charge >= 0.3 is 0 Å². The van der Waals surface area contributed by atoms with E-state index in [4.69, 9.17) is 0 Å². The topological polar surface area (TPSA) is 69.7 Å². The van der Waals surface area contributed by atoms with Gasteiger partial charge in [-0.2, -0.15) is 4.31 Å². The number of sulfonamides is 1. The number of nitrogens with one attached hydrogen (secondary N) is 1. The normalized spacial score (nSPS) is 17.1. The van der Waals surface area contributed by atoms with Gasteiger partial charge in [0.1, 0.15) is 0 Å². The summed E-state index contributed by atoms with van der Waals surface area (Å²) < 4.78 is 28.1. The monoisotopic (exact) mass is 493 g/mol. The van der Waals surface area contributed by atoms with E-state index in [0.717, 1.165) is 15.7 Å². The molecule has 1 heterocycles. The van der Waals surface area contributed by atoms with Crippen LogP contribution < -0.4 is 5.32 Å². The fraction of sp³-hybridized carbons (Fsp3) is 0.409. The van der Waals surface area contributed by atoms with Crippen molar-refractivity contribution in [1.29, 1.82) is 0 Å². The molecule has 0 aliphatic carbocycles. The number of halogens is 1. The molecule has 6 nitrogen and oxygen atoms in total. The van der Waals surface area contributed by atoms with Crippen LogP contribution in [0.4, 0.5) is 5.69 Å². The standard InChI is InChI=1S/C22H28BrN3O3S/c1-16(2)20-6-4-5-7-21(20)24-22(27)17(3)25-12-14-26(15-13-25)30(28,29)19-10-8-18(23)9-11-19/h4-11,16-17H,12-15H2,1-3H3,(H,24,27)/t17-/m1/s1. The van der Waals surface area contributed by atoms with Crippen molar-refractivity contribution in [2.24, 2.45) is 0 Å². The Balaban J connectivity index is 1.62. The van der Waals surface area contributed by atoms with Gasteiger partial charge in [0.2, 0.25) is 15.9 Å². The molecule has 1 aliphatic heterocycles. The first-order chi connectivity index (χ1) is 14.2. The largest absolute Gasteiger partial charge is 0.324 e. The Morgan fingerprint density at radius 2 is 1.57 bits per heavy atom. The highest BCUT2D eigenvalue weighted by Gasteiger charge is 2.32. The van der Waals surface area contributed by atoms with Crippen LogP contribution in [-0.2, 0) is 14.8 Å². The highest BCUT2D eigenvalue weighted by molar-refractivity contribution is 9.10. The van der Waals surface area contributed by atoms with E-state index >= 15 is 0 Å². The molecular formula is C22H28BrN3O3S. The minimum absolute atomic E-state index is 0.0766. The lowest BCUT2D eigenvalue weighted by Gasteiger charge is -2.36. The van der Waals surface area contributed by atoms with Crippen LogP contribution in [0.15, 0.2) is 57.9 Å². The van der Waals surface area contributed by atoms with Gasteiger partial charge in [-0.15, -0.1) is 0 Å². The number of hydrogen-bond donors (Lipinski definition) is 1. The lowest BCUT2D eigenvalue weighted by atomic mass is 10.0. The van der Waals surface area contributed by atoms with Crippen LogP contribution in [0.1, 0.15) is 32.3 Å². The number of benzene rings is 2. The molecule has 1 amide bonds. The van der Waals surface area contributed by atoms with Crippen molar-refractivity contribution >= 4 is 37.5 Å². The van der Waals surface area contributed by atoms with Crippen molar-refractivity contribution in [1.82, 2.24) is 9.21 Å². The van der Waals surface area contributed by atoms with E-state index in [-0.39, 0.29) is 16.8 Å². The molecular weight excluding hydrogens is 466 g/mol. The van der Waals surface area contributed by atoms with E-state index in [1.54, 1.807) is 24.3 Å². The number of nitrogens with zero attached hydrogens (tertiary/aromatic N) is 2. The molecule has 0 bridgehead atoms. The van der Waals surface area contributed by atoms with Gasteiger partial charge in [-0.1, -0.05) is 48.0 Å². The van der Waals surface area contributed by atoms with Crippen LogP contribution in [0.2, 0.25) is 0 Å². The number of carbonyl (C=O) groups is 1. The molecule has 30 heavy (non-hydrogen) atoms. The smallest absolute Gasteiger partial charge is 0.243 e. The minimum atomic E-state index is -3.53. The van der Waals surface area contributed by atoms with Gasteiger partial charge < -0.3 is 5.32 Å². The van der Waals surface area contributed by atoms with Gasteiger partial charge in [-0.05, 0) is 48.7 Å². The lowest BCUT2D eigenvalue weighted by molar-refractivity contribution is -0.121. The molecule has 162 valence electrons. The molecule has 8 heteroatoms. The molecule has 0 unspecified atom stereocenters. The van der Waals surface area contributed by atoms with E-state index in [2.05, 4.69) is 35.1 Å². The molecule has 1 aliphatic rings. The van der Waals surface area contributed by atoms with Gasteiger partial charge in [-0.3, -0.25) is 9.69 Å². The first kappa shape index (κ1) is 22.9. The third-order valence-electron chi connectivity index (χ3n) is 5.49. The van der Waals surface area contributed by atoms with Crippen molar-refractivity contribution in [3.63, 3.8) is 0 Å². The van der Waals surface area contributed by atoms with E-state index in [0.29, 0.717) is 32.1 Å². The highest BCUT2D eigenvalue weighted by Crippen LogP contribution is 2.25. The minimum Gasteiger partial charge on any atom is -0.324 e. The van der Waals surface area contributed by atoms with E-state index in [1.165, 1.54) is 4.31 Å². The van der Waals surface area contributed by atoms with Gasteiger partial charge in [-0.25, -0.2) is 8.42 Å². The maximum Gasteiger partial charge on any atom is 0.243 e. The molecule has 0 saturated carbocycles. The summed E-state index contributed by atoms with van der Waals surface area (Å²) in [4.78, 5) is 15.1.